The fraction of sp³-hybridized carbons (Fsp3) is 0.375. The molecule has 0 aliphatic carbocycles. The monoisotopic (exact) mass is 269 g/mol. The number of para-hydroxylation sites is 1. The average molecular weight is 269 g/mol. The molecule has 1 N–H and O–H groups in total. The van der Waals surface area contributed by atoms with E-state index in [1.54, 1.807) is 6.08 Å². The second-order valence-corrected chi connectivity index (χ2v) is 6.17. The summed E-state index contributed by atoms with van der Waals surface area (Å²) in [5.41, 5.74) is 1.74. The fourth-order valence-corrected chi connectivity index (χ4v) is 2.36. The Kier molecular flexibility index (Phi) is 2.89. The number of ketones is 1. The average Bonchev–Trinajstić information content (AvgIpc) is 2.87. The Morgan fingerprint density at radius 1 is 1.35 bits per heavy atom. The summed E-state index contributed by atoms with van der Waals surface area (Å²) in [5.74, 6) is 1.91. The Bertz CT molecular complexity index is 623. The summed E-state index contributed by atoms with van der Waals surface area (Å²) in [7, 11) is 0. The molecule has 2 aliphatic rings. The quantitative estimate of drug-likeness (QED) is 0.797. The standard InChI is InChI=1S/C16H19N3O/c1-16(2,3)13(20)10-14-18-12-7-5-4-6-11(12)15-17-8-9-19(14)15/h4-7,10,18H,8-9H2,1-3H3/b14-10+. The van der Waals surface area contributed by atoms with Gasteiger partial charge in [0.25, 0.3) is 0 Å². The molecular formula is C16H19N3O. The van der Waals surface area contributed by atoms with Crippen molar-refractivity contribution in [3.05, 3.63) is 41.7 Å². The Hall–Kier alpha value is -2.10. The van der Waals surface area contributed by atoms with Crippen molar-refractivity contribution in [3.8, 4) is 0 Å². The van der Waals surface area contributed by atoms with Crippen LogP contribution < -0.4 is 5.32 Å². The van der Waals surface area contributed by atoms with E-state index in [0.717, 1.165) is 36.0 Å². The number of fused-ring (bicyclic) bond motifs is 3. The molecular weight excluding hydrogens is 250 g/mol. The van der Waals surface area contributed by atoms with Crippen LogP contribution in [-0.2, 0) is 4.79 Å². The molecule has 0 radical (unpaired) electrons. The van der Waals surface area contributed by atoms with E-state index in [0.29, 0.717) is 0 Å². The van der Waals surface area contributed by atoms with Crippen molar-refractivity contribution in [2.24, 2.45) is 10.4 Å². The lowest BCUT2D eigenvalue weighted by atomic mass is 9.90. The van der Waals surface area contributed by atoms with Crippen LogP contribution in [0.4, 0.5) is 5.69 Å². The molecule has 0 bridgehead atoms. The van der Waals surface area contributed by atoms with Gasteiger partial charge in [0.15, 0.2) is 5.78 Å². The Morgan fingerprint density at radius 2 is 2.10 bits per heavy atom. The van der Waals surface area contributed by atoms with E-state index in [4.69, 9.17) is 0 Å². The lowest BCUT2D eigenvalue weighted by Crippen LogP contribution is -2.37. The zero-order valence-corrected chi connectivity index (χ0v) is 12.1. The molecule has 0 aromatic heterocycles. The van der Waals surface area contributed by atoms with E-state index < -0.39 is 0 Å². The molecule has 0 unspecified atom stereocenters. The number of amidine groups is 1. The summed E-state index contributed by atoms with van der Waals surface area (Å²) in [4.78, 5) is 18.9. The van der Waals surface area contributed by atoms with Crippen LogP contribution in [0.3, 0.4) is 0 Å². The summed E-state index contributed by atoms with van der Waals surface area (Å²) in [6.07, 6.45) is 1.71. The number of aliphatic imine (C=N–C) groups is 1. The molecule has 4 heteroatoms. The molecule has 0 atom stereocenters. The second kappa shape index (κ2) is 4.47. The number of hydrogen-bond acceptors (Lipinski definition) is 4. The van der Waals surface area contributed by atoms with E-state index in [1.807, 2.05) is 39.0 Å². The highest BCUT2D eigenvalue weighted by Gasteiger charge is 2.30. The summed E-state index contributed by atoms with van der Waals surface area (Å²) >= 11 is 0. The second-order valence-electron chi connectivity index (χ2n) is 6.17. The van der Waals surface area contributed by atoms with Gasteiger partial charge in [0.1, 0.15) is 11.7 Å². The van der Waals surface area contributed by atoms with Gasteiger partial charge < -0.3 is 10.2 Å². The van der Waals surface area contributed by atoms with Gasteiger partial charge in [-0.1, -0.05) is 32.9 Å². The maximum atomic E-state index is 12.3. The van der Waals surface area contributed by atoms with Crippen LogP contribution in [0.5, 0.6) is 0 Å². The van der Waals surface area contributed by atoms with Crippen molar-refractivity contribution in [2.75, 3.05) is 18.4 Å². The van der Waals surface area contributed by atoms with Crippen LogP contribution in [0.25, 0.3) is 0 Å². The maximum absolute atomic E-state index is 12.3. The summed E-state index contributed by atoms with van der Waals surface area (Å²) in [5, 5.41) is 3.36. The number of allylic oxidation sites excluding steroid dienone is 1. The van der Waals surface area contributed by atoms with Gasteiger partial charge in [0.05, 0.1) is 12.2 Å². The minimum atomic E-state index is -0.372. The number of anilines is 1. The first-order chi connectivity index (χ1) is 9.47. The number of carbonyl (C=O) groups excluding carboxylic acids is 1. The van der Waals surface area contributed by atoms with Gasteiger partial charge in [0.2, 0.25) is 0 Å². The normalized spacial score (nSPS) is 19.2. The zero-order valence-electron chi connectivity index (χ0n) is 12.1. The van der Waals surface area contributed by atoms with Gasteiger partial charge in [0, 0.05) is 23.6 Å². The molecule has 1 aromatic carbocycles. The molecule has 0 saturated heterocycles. The van der Waals surface area contributed by atoms with E-state index in [-0.39, 0.29) is 11.2 Å². The highest BCUT2D eigenvalue weighted by molar-refractivity contribution is 6.08. The van der Waals surface area contributed by atoms with E-state index in [2.05, 4.69) is 21.3 Å². The largest absolute Gasteiger partial charge is 0.341 e. The number of hydrogen-bond donors (Lipinski definition) is 1. The van der Waals surface area contributed by atoms with E-state index in [1.165, 1.54) is 0 Å². The van der Waals surface area contributed by atoms with Gasteiger partial charge in [-0.15, -0.1) is 0 Å². The Morgan fingerprint density at radius 3 is 2.85 bits per heavy atom. The molecule has 4 nitrogen and oxygen atoms in total. The fourth-order valence-electron chi connectivity index (χ4n) is 2.36. The van der Waals surface area contributed by atoms with Crippen molar-refractivity contribution < 1.29 is 4.79 Å². The van der Waals surface area contributed by atoms with Gasteiger partial charge in [-0.05, 0) is 12.1 Å². The lowest BCUT2D eigenvalue weighted by molar-refractivity contribution is -0.121. The van der Waals surface area contributed by atoms with Crippen molar-refractivity contribution >= 4 is 17.3 Å². The molecule has 3 rings (SSSR count). The third kappa shape index (κ3) is 2.11. The smallest absolute Gasteiger partial charge is 0.164 e. The van der Waals surface area contributed by atoms with Crippen LogP contribution in [0.2, 0.25) is 0 Å². The van der Waals surface area contributed by atoms with Crippen LogP contribution in [0.1, 0.15) is 26.3 Å². The van der Waals surface area contributed by atoms with Crippen molar-refractivity contribution in [1.29, 1.82) is 0 Å². The highest BCUT2D eigenvalue weighted by atomic mass is 16.1. The number of benzene rings is 1. The highest BCUT2D eigenvalue weighted by Crippen LogP contribution is 2.30. The van der Waals surface area contributed by atoms with Crippen LogP contribution in [0, 0.1) is 5.41 Å². The first-order valence-electron chi connectivity index (χ1n) is 6.91. The summed E-state index contributed by atoms with van der Waals surface area (Å²) in [6.45, 7) is 7.39. The molecule has 0 amide bonds. The van der Waals surface area contributed by atoms with Crippen molar-refractivity contribution in [3.63, 3.8) is 0 Å². The zero-order chi connectivity index (χ0) is 14.3. The maximum Gasteiger partial charge on any atom is 0.164 e. The molecule has 2 aliphatic heterocycles. The Balaban J connectivity index is 2.02. The number of carbonyl (C=O) groups is 1. The minimum absolute atomic E-state index is 0.116. The van der Waals surface area contributed by atoms with Crippen LogP contribution in [0.15, 0.2) is 41.2 Å². The number of nitrogens with zero attached hydrogens (tertiary/aromatic N) is 2. The molecule has 0 saturated carbocycles. The van der Waals surface area contributed by atoms with Crippen molar-refractivity contribution in [1.82, 2.24) is 4.90 Å². The third-order valence-electron chi connectivity index (χ3n) is 3.57. The van der Waals surface area contributed by atoms with Crippen LogP contribution in [-0.4, -0.2) is 29.6 Å². The van der Waals surface area contributed by atoms with Gasteiger partial charge in [-0.3, -0.25) is 9.79 Å². The molecule has 0 fully saturated rings. The molecule has 0 spiro atoms. The van der Waals surface area contributed by atoms with Crippen molar-refractivity contribution in [2.45, 2.75) is 20.8 Å². The first-order valence-corrected chi connectivity index (χ1v) is 6.91. The SMILES string of the molecule is CC(C)(C)C(=O)/C=C1\Nc2ccccc2C2=NCCN21. The summed E-state index contributed by atoms with van der Waals surface area (Å²) in [6, 6.07) is 8.07. The van der Waals surface area contributed by atoms with Crippen LogP contribution >= 0.6 is 0 Å². The molecule has 2 heterocycles. The van der Waals surface area contributed by atoms with E-state index >= 15 is 0 Å². The number of nitrogens with one attached hydrogen (secondary N) is 1. The minimum Gasteiger partial charge on any atom is -0.341 e. The molecule has 20 heavy (non-hydrogen) atoms. The predicted octanol–water partition coefficient (Wildman–Crippen LogP) is 2.63. The molecule has 1 aromatic rings. The van der Waals surface area contributed by atoms with Gasteiger partial charge in [-0.2, -0.15) is 0 Å². The van der Waals surface area contributed by atoms with Gasteiger partial charge >= 0.3 is 0 Å². The summed E-state index contributed by atoms with van der Waals surface area (Å²) < 4.78 is 0. The van der Waals surface area contributed by atoms with E-state index in [9.17, 15) is 4.79 Å². The predicted molar refractivity (Wildman–Crippen MR) is 80.7 cm³/mol. The molecule has 104 valence electrons. The Labute approximate surface area is 119 Å². The first kappa shape index (κ1) is 12.9. The van der Waals surface area contributed by atoms with Gasteiger partial charge in [-0.25, -0.2) is 0 Å². The lowest BCUT2D eigenvalue weighted by Gasteiger charge is -2.31. The topological polar surface area (TPSA) is 44.7 Å². The third-order valence-corrected chi connectivity index (χ3v) is 3.57. The number of rotatable bonds is 1.